The van der Waals surface area contributed by atoms with Crippen LogP contribution in [0.1, 0.15) is 42.1 Å². The van der Waals surface area contributed by atoms with Crippen LogP contribution in [-0.4, -0.2) is 37.8 Å². The SMILES string of the molecule is CCOC(=O)CCCCN(Cc1ccccc1F)S(=O)(=O)c1ccc(F)c(C(=O)Nc2cc(Cl)cc(Cl)c2)c1. The number of amides is 1. The Hall–Kier alpha value is -3.05. The molecule has 0 unspecified atom stereocenters. The first-order valence-electron chi connectivity index (χ1n) is 12.0. The lowest BCUT2D eigenvalue weighted by Crippen LogP contribution is -2.32. The highest BCUT2D eigenvalue weighted by atomic mass is 35.5. The van der Waals surface area contributed by atoms with E-state index >= 15 is 0 Å². The summed E-state index contributed by atoms with van der Waals surface area (Å²) in [5.41, 5.74) is -0.211. The van der Waals surface area contributed by atoms with Crippen molar-refractivity contribution in [3.63, 3.8) is 0 Å². The van der Waals surface area contributed by atoms with Gasteiger partial charge in [0.1, 0.15) is 11.6 Å². The number of hydrogen-bond donors (Lipinski definition) is 1. The quantitative estimate of drug-likeness (QED) is 0.191. The second-order valence-corrected chi connectivity index (χ2v) is 11.3. The molecule has 12 heteroatoms. The zero-order valence-corrected chi connectivity index (χ0v) is 23.3. The van der Waals surface area contributed by atoms with Crippen LogP contribution in [0.4, 0.5) is 14.5 Å². The Labute approximate surface area is 235 Å². The molecule has 0 radical (unpaired) electrons. The van der Waals surface area contributed by atoms with Gasteiger partial charge in [0.25, 0.3) is 5.91 Å². The van der Waals surface area contributed by atoms with Gasteiger partial charge in [-0.2, -0.15) is 4.31 Å². The summed E-state index contributed by atoms with van der Waals surface area (Å²) in [6.07, 6.45) is 0.702. The number of ether oxygens (including phenoxy) is 1. The van der Waals surface area contributed by atoms with Gasteiger partial charge in [0, 0.05) is 40.8 Å². The number of sulfonamides is 1. The lowest BCUT2D eigenvalue weighted by molar-refractivity contribution is -0.143. The first kappa shape index (κ1) is 30.5. The van der Waals surface area contributed by atoms with E-state index in [1.165, 1.54) is 36.4 Å². The van der Waals surface area contributed by atoms with E-state index in [0.29, 0.717) is 6.42 Å². The molecule has 3 aromatic rings. The molecule has 0 atom stereocenters. The van der Waals surface area contributed by atoms with Gasteiger partial charge in [-0.3, -0.25) is 9.59 Å². The molecule has 0 saturated carbocycles. The lowest BCUT2D eigenvalue weighted by Gasteiger charge is -2.23. The molecule has 1 amide bonds. The van der Waals surface area contributed by atoms with E-state index in [-0.39, 0.29) is 58.7 Å². The zero-order chi connectivity index (χ0) is 28.6. The van der Waals surface area contributed by atoms with Crippen molar-refractivity contribution in [3.8, 4) is 0 Å². The first-order valence-corrected chi connectivity index (χ1v) is 14.2. The number of nitrogens with one attached hydrogen (secondary N) is 1. The summed E-state index contributed by atoms with van der Waals surface area (Å²) < 4.78 is 62.2. The average molecular weight is 599 g/mol. The second kappa shape index (κ2) is 13.8. The largest absolute Gasteiger partial charge is 0.466 e. The number of carbonyl (C=O) groups is 2. The average Bonchev–Trinajstić information content (AvgIpc) is 2.86. The minimum atomic E-state index is -4.32. The molecule has 0 bridgehead atoms. The summed E-state index contributed by atoms with van der Waals surface area (Å²) in [5.74, 6) is -2.87. The van der Waals surface area contributed by atoms with E-state index in [1.807, 2.05) is 0 Å². The first-order chi connectivity index (χ1) is 18.5. The van der Waals surface area contributed by atoms with Crippen LogP contribution in [0.5, 0.6) is 0 Å². The second-order valence-electron chi connectivity index (χ2n) is 8.45. The van der Waals surface area contributed by atoms with Crippen molar-refractivity contribution in [1.82, 2.24) is 4.31 Å². The Morgan fingerprint density at radius 3 is 2.31 bits per heavy atom. The molecule has 7 nitrogen and oxygen atoms in total. The number of rotatable bonds is 12. The Morgan fingerprint density at radius 2 is 1.64 bits per heavy atom. The number of anilines is 1. The van der Waals surface area contributed by atoms with Crippen molar-refractivity contribution in [3.05, 3.63) is 93.5 Å². The normalized spacial score (nSPS) is 11.4. The Bertz CT molecular complexity index is 1430. The van der Waals surface area contributed by atoms with Gasteiger partial charge < -0.3 is 10.1 Å². The topological polar surface area (TPSA) is 92.8 Å². The fourth-order valence-electron chi connectivity index (χ4n) is 3.70. The Kier molecular flexibility index (Phi) is 10.8. The van der Waals surface area contributed by atoms with E-state index in [1.54, 1.807) is 13.0 Å². The molecule has 0 fully saturated rings. The summed E-state index contributed by atoms with van der Waals surface area (Å²) in [5, 5.41) is 2.92. The number of halogens is 4. The molecule has 0 saturated heterocycles. The molecule has 0 aliphatic rings. The van der Waals surface area contributed by atoms with E-state index in [9.17, 15) is 26.8 Å². The third-order valence-electron chi connectivity index (χ3n) is 5.59. The summed E-state index contributed by atoms with van der Waals surface area (Å²) in [4.78, 5) is 24.1. The molecular weight excluding hydrogens is 573 g/mol. The summed E-state index contributed by atoms with van der Waals surface area (Å²) in [6, 6.07) is 12.8. The maximum absolute atomic E-state index is 14.6. The van der Waals surface area contributed by atoms with Gasteiger partial charge in [-0.25, -0.2) is 17.2 Å². The summed E-state index contributed by atoms with van der Waals surface area (Å²) in [6.45, 7) is 1.55. The minimum Gasteiger partial charge on any atom is -0.466 e. The van der Waals surface area contributed by atoms with E-state index in [4.69, 9.17) is 27.9 Å². The lowest BCUT2D eigenvalue weighted by atomic mass is 10.2. The van der Waals surface area contributed by atoms with Crippen molar-refractivity contribution in [2.24, 2.45) is 0 Å². The van der Waals surface area contributed by atoms with Crippen LogP contribution in [0.25, 0.3) is 0 Å². The van der Waals surface area contributed by atoms with Gasteiger partial charge in [-0.05, 0) is 62.2 Å². The van der Waals surface area contributed by atoms with Gasteiger partial charge in [-0.1, -0.05) is 41.4 Å². The van der Waals surface area contributed by atoms with Gasteiger partial charge in [-0.15, -0.1) is 0 Å². The molecule has 39 heavy (non-hydrogen) atoms. The molecule has 0 spiro atoms. The highest BCUT2D eigenvalue weighted by Crippen LogP contribution is 2.26. The monoisotopic (exact) mass is 598 g/mol. The van der Waals surface area contributed by atoms with Crippen LogP contribution in [-0.2, 0) is 26.1 Å². The molecule has 3 rings (SSSR count). The van der Waals surface area contributed by atoms with Crippen molar-refractivity contribution in [2.75, 3.05) is 18.5 Å². The molecule has 1 N–H and O–H groups in total. The van der Waals surface area contributed by atoms with Crippen LogP contribution < -0.4 is 5.32 Å². The molecule has 0 heterocycles. The fourth-order valence-corrected chi connectivity index (χ4v) is 5.71. The molecule has 208 valence electrons. The summed E-state index contributed by atoms with van der Waals surface area (Å²) in [7, 11) is -4.32. The minimum absolute atomic E-state index is 0.0595. The molecule has 3 aromatic carbocycles. The molecule has 0 aromatic heterocycles. The maximum Gasteiger partial charge on any atom is 0.305 e. The number of unbranched alkanes of at least 4 members (excludes halogenated alkanes) is 1. The van der Waals surface area contributed by atoms with Gasteiger partial charge in [0.2, 0.25) is 10.0 Å². The Morgan fingerprint density at radius 1 is 0.949 bits per heavy atom. The smallest absolute Gasteiger partial charge is 0.305 e. The zero-order valence-electron chi connectivity index (χ0n) is 20.9. The predicted octanol–water partition coefficient (Wildman–Crippen LogP) is 6.45. The van der Waals surface area contributed by atoms with Crippen LogP contribution in [0, 0.1) is 11.6 Å². The van der Waals surface area contributed by atoms with E-state index < -0.39 is 39.1 Å². The maximum atomic E-state index is 14.6. The van der Waals surface area contributed by atoms with Gasteiger partial charge >= 0.3 is 5.97 Å². The van der Waals surface area contributed by atoms with Crippen LogP contribution in [0.15, 0.2) is 65.6 Å². The van der Waals surface area contributed by atoms with Crippen molar-refractivity contribution >= 4 is 50.8 Å². The van der Waals surface area contributed by atoms with Crippen molar-refractivity contribution in [1.29, 1.82) is 0 Å². The third-order valence-corrected chi connectivity index (χ3v) is 7.87. The van der Waals surface area contributed by atoms with Crippen molar-refractivity contribution in [2.45, 2.75) is 37.6 Å². The number of esters is 1. The number of hydrogen-bond acceptors (Lipinski definition) is 5. The van der Waals surface area contributed by atoms with E-state index in [0.717, 1.165) is 22.5 Å². The highest BCUT2D eigenvalue weighted by molar-refractivity contribution is 7.89. The van der Waals surface area contributed by atoms with Crippen LogP contribution in [0.3, 0.4) is 0 Å². The highest BCUT2D eigenvalue weighted by Gasteiger charge is 2.27. The molecular formula is C27H26Cl2F2N2O5S. The predicted molar refractivity (Wildman–Crippen MR) is 145 cm³/mol. The molecule has 0 aliphatic carbocycles. The number of benzene rings is 3. The van der Waals surface area contributed by atoms with Crippen LogP contribution in [0.2, 0.25) is 10.0 Å². The number of carbonyl (C=O) groups excluding carboxylic acids is 2. The fraction of sp³-hybridized carbons (Fsp3) is 0.259. The van der Waals surface area contributed by atoms with Gasteiger partial charge in [0.15, 0.2) is 0 Å². The van der Waals surface area contributed by atoms with Crippen molar-refractivity contribution < 1.29 is 31.5 Å². The molecule has 0 aliphatic heterocycles. The number of nitrogens with zero attached hydrogens (tertiary/aromatic N) is 1. The third kappa shape index (κ3) is 8.47. The van der Waals surface area contributed by atoms with E-state index in [2.05, 4.69) is 5.32 Å². The van der Waals surface area contributed by atoms with Gasteiger partial charge in [0.05, 0.1) is 17.1 Å². The standard InChI is InChI=1S/C27H26Cl2F2N2O5S/c1-2-38-26(34)9-5-6-12-33(17-18-7-3-4-8-24(18)30)39(36,37)22-10-11-25(31)23(16-22)27(35)32-21-14-19(28)13-20(29)15-21/h3-4,7-8,10-11,13-16H,2,5-6,9,12,17H2,1H3,(H,32,35). The summed E-state index contributed by atoms with van der Waals surface area (Å²) >= 11 is 11.9. The Balaban J connectivity index is 1.88. The van der Waals surface area contributed by atoms with Crippen LogP contribution >= 0.6 is 23.2 Å².